The van der Waals surface area contributed by atoms with Gasteiger partial charge < -0.3 is 9.97 Å². The normalized spacial score (nSPS) is 16.4. The predicted octanol–water partition coefficient (Wildman–Crippen LogP) is 2.04. The molecule has 3 heteroatoms. The van der Waals surface area contributed by atoms with Crippen molar-refractivity contribution in [2.24, 2.45) is 0 Å². The highest BCUT2D eigenvalue weighted by atomic mass is 16.1. The zero-order valence-electron chi connectivity index (χ0n) is 8.05. The Morgan fingerprint density at radius 2 is 2.07 bits per heavy atom. The largest absolute Gasteiger partial charge is 0.323 e. The molecule has 0 amide bonds. The average Bonchev–Trinajstić information content (AvgIpc) is 2.89. The lowest BCUT2D eigenvalue weighted by Crippen LogP contribution is -1.99. The molecule has 2 N–H and O–H groups in total. The molecule has 1 saturated carbocycles. The Kier molecular flexibility index (Phi) is 1.40. The molecule has 1 heterocycles. The van der Waals surface area contributed by atoms with Gasteiger partial charge in [0.1, 0.15) is 0 Å². The maximum Gasteiger partial charge on any atom is 0.323 e. The van der Waals surface area contributed by atoms with Crippen molar-refractivity contribution in [3.63, 3.8) is 0 Å². The second kappa shape index (κ2) is 2.50. The van der Waals surface area contributed by atoms with Crippen molar-refractivity contribution in [1.29, 1.82) is 0 Å². The molecule has 0 unspecified atom stereocenters. The van der Waals surface area contributed by atoms with E-state index in [1.54, 1.807) is 0 Å². The molecule has 1 aromatic heterocycles. The zero-order valence-corrected chi connectivity index (χ0v) is 8.05. The number of aromatic nitrogens is 2. The van der Waals surface area contributed by atoms with Crippen LogP contribution in [0.4, 0.5) is 0 Å². The third-order valence-corrected chi connectivity index (χ3v) is 2.89. The van der Waals surface area contributed by atoms with Crippen LogP contribution < -0.4 is 5.69 Å². The minimum atomic E-state index is -0.115. The van der Waals surface area contributed by atoms with E-state index in [-0.39, 0.29) is 5.69 Å². The van der Waals surface area contributed by atoms with Gasteiger partial charge in [-0.1, -0.05) is 6.07 Å². The van der Waals surface area contributed by atoms with Gasteiger partial charge in [0, 0.05) is 0 Å². The topological polar surface area (TPSA) is 48.6 Å². The Morgan fingerprint density at radius 3 is 2.79 bits per heavy atom. The Labute approximate surface area is 81.2 Å². The van der Waals surface area contributed by atoms with Crippen molar-refractivity contribution in [2.45, 2.75) is 25.7 Å². The maximum absolute atomic E-state index is 11.1. The fourth-order valence-corrected chi connectivity index (χ4v) is 2.00. The molecule has 1 aromatic carbocycles. The molecule has 0 atom stereocenters. The number of nitrogens with one attached hydrogen (secondary N) is 2. The Morgan fingerprint density at radius 1 is 1.29 bits per heavy atom. The summed E-state index contributed by atoms with van der Waals surface area (Å²) in [5, 5.41) is 0. The number of rotatable bonds is 1. The number of H-pyrrole nitrogens is 2. The first kappa shape index (κ1) is 7.85. The van der Waals surface area contributed by atoms with Crippen LogP contribution in [0.2, 0.25) is 0 Å². The molecular formula is C11H12N2O. The second-order valence-electron chi connectivity index (χ2n) is 4.11. The highest BCUT2D eigenvalue weighted by molar-refractivity contribution is 5.79. The van der Waals surface area contributed by atoms with Crippen LogP contribution in [0.15, 0.2) is 16.9 Å². The molecule has 3 rings (SSSR count). The molecule has 0 aliphatic heterocycles. The number of hydrogen-bond donors (Lipinski definition) is 2. The fourth-order valence-electron chi connectivity index (χ4n) is 2.00. The van der Waals surface area contributed by atoms with Crippen LogP contribution in [0.25, 0.3) is 11.0 Å². The minimum Gasteiger partial charge on any atom is -0.306 e. The van der Waals surface area contributed by atoms with Crippen LogP contribution in [0.1, 0.15) is 29.9 Å². The van der Waals surface area contributed by atoms with E-state index in [0.29, 0.717) is 0 Å². The summed E-state index contributed by atoms with van der Waals surface area (Å²) in [7, 11) is 0. The monoisotopic (exact) mass is 188 g/mol. The number of benzene rings is 1. The summed E-state index contributed by atoms with van der Waals surface area (Å²) in [6, 6.07) is 4.28. The van der Waals surface area contributed by atoms with Crippen molar-refractivity contribution in [1.82, 2.24) is 9.97 Å². The van der Waals surface area contributed by atoms with Gasteiger partial charge >= 0.3 is 5.69 Å². The molecule has 1 aliphatic carbocycles. The predicted molar refractivity (Wildman–Crippen MR) is 55.6 cm³/mol. The molecule has 72 valence electrons. The van der Waals surface area contributed by atoms with Crippen LogP contribution in [0.3, 0.4) is 0 Å². The van der Waals surface area contributed by atoms with E-state index in [0.717, 1.165) is 22.5 Å². The Hall–Kier alpha value is -1.51. The van der Waals surface area contributed by atoms with Gasteiger partial charge in [0.05, 0.1) is 11.0 Å². The van der Waals surface area contributed by atoms with Crippen molar-refractivity contribution < 1.29 is 0 Å². The summed E-state index contributed by atoms with van der Waals surface area (Å²) >= 11 is 0. The van der Waals surface area contributed by atoms with Gasteiger partial charge in [-0.25, -0.2) is 4.79 Å². The smallest absolute Gasteiger partial charge is 0.306 e. The van der Waals surface area contributed by atoms with Crippen LogP contribution in [-0.2, 0) is 0 Å². The third kappa shape index (κ3) is 1.09. The van der Waals surface area contributed by atoms with Gasteiger partial charge in [-0.15, -0.1) is 0 Å². The molecule has 3 nitrogen and oxygen atoms in total. The zero-order chi connectivity index (χ0) is 9.71. The molecule has 2 aromatic rings. The number of fused-ring (bicyclic) bond motifs is 1. The molecule has 1 fully saturated rings. The van der Waals surface area contributed by atoms with Gasteiger partial charge in [-0.05, 0) is 42.9 Å². The highest BCUT2D eigenvalue weighted by Crippen LogP contribution is 2.41. The summed E-state index contributed by atoms with van der Waals surface area (Å²) in [4.78, 5) is 16.7. The lowest BCUT2D eigenvalue weighted by molar-refractivity contribution is 1.13. The maximum atomic E-state index is 11.1. The average molecular weight is 188 g/mol. The summed E-state index contributed by atoms with van der Waals surface area (Å²) in [5.41, 5.74) is 4.29. The Balaban J connectivity index is 2.32. The number of hydrogen-bond acceptors (Lipinski definition) is 1. The Bertz CT molecular complexity index is 546. The fraction of sp³-hybridized carbons (Fsp3) is 0.364. The number of aromatic amines is 2. The van der Waals surface area contributed by atoms with Gasteiger partial charge in [-0.3, -0.25) is 0 Å². The third-order valence-electron chi connectivity index (χ3n) is 2.89. The van der Waals surface area contributed by atoms with Gasteiger partial charge in [0.2, 0.25) is 0 Å². The molecular weight excluding hydrogens is 176 g/mol. The van der Waals surface area contributed by atoms with Gasteiger partial charge in [0.25, 0.3) is 0 Å². The molecule has 0 spiro atoms. The van der Waals surface area contributed by atoms with E-state index in [9.17, 15) is 4.79 Å². The van der Waals surface area contributed by atoms with Gasteiger partial charge in [0.15, 0.2) is 0 Å². The summed E-state index contributed by atoms with van der Waals surface area (Å²) in [5.74, 6) is 0.733. The molecule has 0 bridgehead atoms. The van der Waals surface area contributed by atoms with Crippen molar-refractivity contribution in [2.75, 3.05) is 0 Å². The lowest BCUT2D eigenvalue weighted by Gasteiger charge is -2.01. The van der Waals surface area contributed by atoms with E-state index < -0.39 is 0 Å². The van der Waals surface area contributed by atoms with E-state index in [1.807, 2.05) is 6.92 Å². The van der Waals surface area contributed by atoms with E-state index >= 15 is 0 Å². The minimum absolute atomic E-state index is 0.115. The SMILES string of the molecule is Cc1cc(C2CC2)cc2[nH]c(=O)[nH]c12. The standard InChI is InChI=1S/C11H12N2O/c1-6-4-8(7-2-3-7)5-9-10(6)13-11(14)12-9/h4-5,7H,2-3H2,1H3,(H2,12,13,14). The van der Waals surface area contributed by atoms with Crippen LogP contribution in [-0.4, -0.2) is 9.97 Å². The van der Waals surface area contributed by atoms with Crippen molar-refractivity contribution in [3.8, 4) is 0 Å². The number of aryl methyl sites for hydroxylation is 1. The molecule has 1 aliphatic rings. The van der Waals surface area contributed by atoms with Crippen molar-refractivity contribution >= 4 is 11.0 Å². The highest BCUT2D eigenvalue weighted by Gasteiger charge is 2.24. The van der Waals surface area contributed by atoms with Crippen LogP contribution in [0.5, 0.6) is 0 Å². The van der Waals surface area contributed by atoms with Crippen LogP contribution in [0, 0.1) is 6.92 Å². The van der Waals surface area contributed by atoms with Gasteiger partial charge in [-0.2, -0.15) is 0 Å². The van der Waals surface area contributed by atoms with E-state index in [4.69, 9.17) is 0 Å². The first-order chi connectivity index (χ1) is 6.74. The first-order valence-corrected chi connectivity index (χ1v) is 4.96. The summed E-state index contributed by atoms with van der Waals surface area (Å²) in [6.45, 7) is 2.04. The van der Waals surface area contributed by atoms with E-state index in [2.05, 4.69) is 22.1 Å². The summed E-state index contributed by atoms with van der Waals surface area (Å²) in [6.07, 6.45) is 2.58. The van der Waals surface area contributed by atoms with E-state index in [1.165, 1.54) is 18.4 Å². The molecule has 14 heavy (non-hydrogen) atoms. The quantitative estimate of drug-likeness (QED) is 0.706. The first-order valence-electron chi connectivity index (χ1n) is 4.96. The van der Waals surface area contributed by atoms with Crippen LogP contribution >= 0.6 is 0 Å². The molecule has 0 radical (unpaired) electrons. The van der Waals surface area contributed by atoms with Crippen molar-refractivity contribution in [3.05, 3.63) is 33.7 Å². The number of imidazole rings is 1. The molecule has 0 saturated heterocycles. The second-order valence-corrected chi connectivity index (χ2v) is 4.11. The summed E-state index contributed by atoms with van der Waals surface area (Å²) < 4.78 is 0. The lowest BCUT2D eigenvalue weighted by atomic mass is 10.1.